The standard InChI is InChI=1S/C16H19ClFN3/c1-21(2)13-7-3-5-11(9-13)15(20-19)10-12-6-4-8-14(18)16(12)17/h3-9,15,20H,10,19H2,1-2H3. The summed E-state index contributed by atoms with van der Waals surface area (Å²) in [5, 5.41) is 0.154. The summed E-state index contributed by atoms with van der Waals surface area (Å²) in [5.41, 5.74) is 5.62. The monoisotopic (exact) mass is 307 g/mol. The smallest absolute Gasteiger partial charge is 0.142 e. The summed E-state index contributed by atoms with van der Waals surface area (Å²) in [6, 6.07) is 12.7. The number of nitrogens with one attached hydrogen (secondary N) is 1. The average molecular weight is 308 g/mol. The summed E-state index contributed by atoms with van der Waals surface area (Å²) in [6.45, 7) is 0. The fourth-order valence-corrected chi connectivity index (χ4v) is 2.42. The number of benzene rings is 2. The van der Waals surface area contributed by atoms with Gasteiger partial charge in [0.05, 0.1) is 11.1 Å². The van der Waals surface area contributed by atoms with E-state index in [9.17, 15) is 4.39 Å². The van der Waals surface area contributed by atoms with Crippen molar-refractivity contribution in [2.45, 2.75) is 12.5 Å². The lowest BCUT2D eigenvalue weighted by atomic mass is 9.98. The van der Waals surface area contributed by atoms with E-state index < -0.39 is 5.82 Å². The van der Waals surface area contributed by atoms with Gasteiger partial charge in [-0.2, -0.15) is 0 Å². The highest BCUT2D eigenvalue weighted by atomic mass is 35.5. The molecule has 0 aliphatic carbocycles. The predicted octanol–water partition coefficient (Wildman–Crippen LogP) is 3.29. The molecular formula is C16H19ClFN3. The predicted molar refractivity (Wildman–Crippen MR) is 85.9 cm³/mol. The van der Waals surface area contributed by atoms with Gasteiger partial charge in [0.1, 0.15) is 5.82 Å². The molecule has 1 unspecified atom stereocenters. The Morgan fingerprint density at radius 1 is 1.24 bits per heavy atom. The van der Waals surface area contributed by atoms with E-state index in [0.717, 1.165) is 16.8 Å². The summed E-state index contributed by atoms with van der Waals surface area (Å²) >= 11 is 6.01. The fourth-order valence-electron chi connectivity index (χ4n) is 2.22. The zero-order valence-corrected chi connectivity index (χ0v) is 12.9. The lowest BCUT2D eigenvalue weighted by Crippen LogP contribution is -2.29. The van der Waals surface area contributed by atoms with Gasteiger partial charge < -0.3 is 4.90 Å². The van der Waals surface area contributed by atoms with Crippen molar-refractivity contribution >= 4 is 17.3 Å². The maximum atomic E-state index is 13.5. The third kappa shape index (κ3) is 3.73. The van der Waals surface area contributed by atoms with Gasteiger partial charge in [-0.25, -0.2) is 4.39 Å². The van der Waals surface area contributed by atoms with Crippen LogP contribution in [0.25, 0.3) is 0 Å². The van der Waals surface area contributed by atoms with E-state index in [2.05, 4.69) is 11.5 Å². The highest BCUT2D eigenvalue weighted by Crippen LogP contribution is 2.26. The van der Waals surface area contributed by atoms with Gasteiger partial charge in [-0.15, -0.1) is 0 Å². The topological polar surface area (TPSA) is 41.3 Å². The van der Waals surface area contributed by atoms with Crippen LogP contribution in [0.4, 0.5) is 10.1 Å². The van der Waals surface area contributed by atoms with Crippen LogP contribution < -0.4 is 16.2 Å². The van der Waals surface area contributed by atoms with Crippen molar-refractivity contribution in [1.29, 1.82) is 0 Å². The van der Waals surface area contributed by atoms with Gasteiger partial charge in [0.2, 0.25) is 0 Å². The van der Waals surface area contributed by atoms with Crippen molar-refractivity contribution in [3.8, 4) is 0 Å². The Labute approximate surface area is 129 Å². The number of hydrogen-bond donors (Lipinski definition) is 2. The van der Waals surface area contributed by atoms with E-state index in [1.807, 2.05) is 43.3 Å². The normalized spacial score (nSPS) is 12.2. The van der Waals surface area contributed by atoms with E-state index in [4.69, 9.17) is 17.4 Å². The zero-order valence-electron chi connectivity index (χ0n) is 12.1. The molecule has 0 radical (unpaired) electrons. The van der Waals surface area contributed by atoms with E-state index in [0.29, 0.717) is 6.42 Å². The van der Waals surface area contributed by atoms with Crippen LogP contribution >= 0.6 is 11.6 Å². The second-order valence-corrected chi connectivity index (χ2v) is 5.50. The third-order valence-corrected chi connectivity index (χ3v) is 3.87. The molecule has 0 aromatic heterocycles. The van der Waals surface area contributed by atoms with Gasteiger partial charge in [-0.1, -0.05) is 35.9 Å². The number of halogens is 2. The van der Waals surface area contributed by atoms with Crippen LogP contribution in [0, 0.1) is 5.82 Å². The van der Waals surface area contributed by atoms with Crippen LogP contribution in [0.15, 0.2) is 42.5 Å². The largest absolute Gasteiger partial charge is 0.378 e. The minimum atomic E-state index is -0.410. The summed E-state index contributed by atoms with van der Waals surface area (Å²) in [5.74, 6) is 5.26. The molecule has 3 nitrogen and oxygen atoms in total. The van der Waals surface area contributed by atoms with Crippen LogP contribution in [0.2, 0.25) is 5.02 Å². The maximum absolute atomic E-state index is 13.5. The summed E-state index contributed by atoms with van der Waals surface area (Å²) in [6.07, 6.45) is 0.518. The molecular weight excluding hydrogens is 289 g/mol. The Bertz CT molecular complexity index is 616. The maximum Gasteiger partial charge on any atom is 0.142 e. The fraction of sp³-hybridized carbons (Fsp3) is 0.250. The Kier molecular flexibility index (Phi) is 5.17. The Morgan fingerprint density at radius 2 is 1.95 bits per heavy atom. The van der Waals surface area contributed by atoms with Crippen molar-refractivity contribution in [2.24, 2.45) is 5.84 Å². The van der Waals surface area contributed by atoms with Crippen LogP contribution in [0.3, 0.4) is 0 Å². The minimum Gasteiger partial charge on any atom is -0.378 e. The first-order valence-electron chi connectivity index (χ1n) is 6.69. The van der Waals surface area contributed by atoms with Gasteiger partial charge in [0, 0.05) is 19.8 Å². The molecule has 0 spiro atoms. The first-order chi connectivity index (χ1) is 10.0. The molecule has 2 aromatic carbocycles. The highest BCUT2D eigenvalue weighted by molar-refractivity contribution is 6.31. The zero-order chi connectivity index (χ0) is 15.4. The molecule has 1 atom stereocenters. The van der Waals surface area contributed by atoms with Gasteiger partial charge >= 0.3 is 0 Å². The second kappa shape index (κ2) is 6.89. The summed E-state index contributed by atoms with van der Waals surface area (Å²) in [4.78, 5) is 2.02. The molecule has 2 aromatic rings. The molecule has 0 saturated carbocycles. The number of nitrogens with two attached hydrogens (primary N) is 1. The quantitative estimate of drug-likeness (QED) is 0.658. The second-order valence-electron chi connectivity index (χ2n) is 5.13. The molecule has 21 heavy (non-hydrogen) atoms. The number of rotatable bonds is 5. The van der Waals surface area contributed by atoms with Crippen LogP contribution in [-0.4, -0.2) is 14.1 Å². The molecule has 0 heterocycles. The molecule has 0 bridgehead atoms. The van der Waals surface area contributed by atoms with E-state index in [1.165, 1.54) is 6.07 Å². The summed E-state index contributed by atoms with van der Waals surface area (Å²) in [7, 11) is 3.96. The minimum absolute atomic E-state index is 0.135. The van der Waals surface area contributed by atoms with Gasteiger partial charge in [0.15, 0.2) is 0 Å². The lowest BCUT2D eigenvalue weighted by Gasteiger charge is -2.20. The molecule has 0 aliphatic rings. The molecule has 2 rings (SSSR count). The number of hydrogen-bond acceptors (Lipinski definition) is 3. The number of anilines is 1. The van der Waals surface area contributed by atoms with E-state index in [1.54, 1.807) is 6.07 Å². The van der Waals surface area contributed by atoms with Crippen molar-refractivity contribution in [2.75, 3.05) is 19.0 Å². The average Bonchev–Trinajstić information content (AvgIpc) is 2.49. The highest BCUT2D eigenvalue weighted by Gasteiger charge is 2.15. The van der Waals surface area contributed by atoms with Crippen molar-refractivity contribution in [3.63, 3.8) is 0 Å². The molecule has 112 valence electrons. The lowest BCUT2D eigenvalue weighted by molar-refractivity contribution is 0.549. The van der Waals surface area contributed by atoms with Crippen LogP contribution in [0.1, 0.15) is 17.2 Å². The molecule has 0 aliphatic heterocycles. The van der Waals surface area contributed by atoms with Crippen molar-refractivity contribution < 1.29 is 4.39 Å². The number of hydrazine groups is 1. The molecule has 0 amide bonds. The van der Waals surface area contributed by atoms with Gasteiger partial charge in [0.25, 0.3) is 0 Å². The molecule has 5 heteroatoms. The van der Waals surface area contributed by atoms with Gasteiger partial charge in [-0.3, -0.25) is 11.3 Å². The molecule has 3 N–H and O–H groups in total. The SMILES string of the molecule is CN(C)c1cccc(C(Cc2cccc(F)c2Cl)NN)c1. The molecule has 0 fully saturated rings. The van der Waals surface area contributed by atoms with Crippen molar-refractivity contribution in [3.05, 3.63) is 64.4 Å². The summed E-state index contributed by atoms with van der Waals surface area (Å²) < 4.78 is 13.5. The van der Waals surface area contributed by atoms with Crippen molar-refractivity contribution in [1.82, 2.24) is 5.43 Å². The third-order valence-electron chi connectivity index (χ3n) is 3.45. The van der Waals surface area contributed by atoms with Crippen LogP contribution in [-0.2, 0) is 6.42 Å². The first kappa shape index (κ1) is 15.8. The molecule has 0 saturated heterocycles. The van der Waals surface area contributed by atoms with Gasteiger partial charge in [-0.05, 0) is 35.7 Å². The Hall–Kier alpha value is -1.62. The Balaban J connectivity index is 2.28. The van der Waals surface area contributed by atoms with Crippen LogP contribution in [0.5, 0.6) is 0 Å². The van der Waals surface area contributed by atoms with E-state index >= 15 is 0 Å². The number of nitrogens with zero attached hydrogens (tertiary/aromatic N) is 1. The first-order valence-corrected chi connectivity index (χ1v) is 7.07. The van der Waals surface area contributed by atoms with E-state index in [-0.39, 0.29) is 11.1 Å². The Morgan fingerprint density at radius 3 is 2.62 bits per heavy atom.